The summed E-state index contributed by atoms with van der Waals surface area (Å²) < 4.78 is 11.4. The van der Waals surface area contributed by atoms with Gasteiger partial charge >= 0.3 is 0 Å². The van der Waals surface area contributed by atoms with Crippen molar-refractivity contribution in [3.63, 3.8) is 0 Å². The Balaban J connectivity index is 1.74. The van der Waals surface area contributed by atoms with E-state index in [0.29, 0.717) is 18.1 Å². The molecule has 0 fully saturated rings. The highest BCUT2D eigenvalue weighted by Gasteiger charge is 2.09. The number of nitrogens with one attached hydrogen (secondary N) is 1. The molecular weight excluding hydrogens is 350 g/mol. The molecule has 1 amide bonds. The Morgan fingerprint density at radius 1 is 0.964 bits per heavy atom. The van der Waals surface area contributed by atoms with Crippen LogP contribution in [0.25, 0.3) is 6.08 Å². The molecular formula is C24H23NO3. The van der Waals surface area contributed by atoms with Gasteiger partial charge in [-0.2, -0.15) is 0 Å². The number of hydrogen-bond donors (Lipinski definition) is 1. The highest BCUT2D eigenvalue weighted by atomic mass is 16.5. The lowest BCUT2D eigenvalue weighted by Gasteiger charge is -2.13. The maximum atomic E-state index is 12.2. The third-order valence-corrected chi connectivity index (χ3v) is 4.19. The fraction of sp³-hybridized carbons (Fsp3) is 0.125. The fourth-order valence-electron chi connectivity index (χ4n) is 2.70. The normalized spacial score (nSPS) is 10.6. The van der Waals surface area contributed by atoms with Crippen LogP contribution in [0.2, 0.25) is 0 Å². The van der Waals surface area contributed by atoms with Gasteiger partial charge in [0.2, 0.25) is 5.91 Å². The van der Waals surface area contributed by atoms with Gasteiger partial charge in [-0.25, -0.2) is 0 Å². The summed E-state index contributed by atoms with van der Waals surface area (Å²) in [6.45, 7) is 2.42. The second-order valence-electron chi connectivity index (χ2n) is 6.34. The number of hydrogen-bond acceptors (Lipinski definition) is 3. The monoisotopic (exact) mass is 373 g/mol. The first-order valence-electron chi connectivity index (χ1n) is 9.05. The summed E-state index contributed by atoms with van der Waals surface area (Å²) in [6, 6.07) is 23.2. The summed E-state index contributed by atoms with van der Waals surface area (Å²) in [5.41, 5.74) is 3.73. The van der Waals surface area contributed by atoms with Gasteiger partial charge in [-0.05, 0) is 36.8 Å². The summed E-state index contributed by atoms with van der Waals surface area (Å²) in [7, 11) is 1.60. The van der Waals surface area contributed by atoms with Gasteiger partial charge in [0.15, 0.2) is 11.5 Å². The summed E-state index contributed by atoms with van der Waals surface area (Å²) in [6.07, 6.45) is 3.22. The molecule has 0 atom stereocenters. The van der Waals surface area contributed by atoms with Gasteiger partial charge < -0.3 is 14.8 Å². The number of carbonyl (C=O) groups excluding carboxylic acids is 1. The molecule has 0 saturated carbocycles. The lowest BCUT2D eigenvalue weighted by molar-refractivity contribution is -0.111. The maximum Gasteiger partial charge on any atom is 0.248 e. The van der Waals surface area contributed by atoms with E-state index in [1.807, 2.05) is 79.7 Å². The summed E-state index contributed by atoms with van der Waals surface area (Å²) in [5.74, 6) is 1.02. The Kier molecular flexibility index (Phi) is 6.47. The highest BCUT2D eigenvalue weighted by Crippen LogP contribution is 2.32. The molecule has 3 aromatic carbocycles. The first-order valence-corrected chi connectivity index (χ1v) is 9.05. The van der Waals surface area contributed by atoms with Crippen LogP contribution < -0.4 is 14.8 Å². The number of amides is 1. The number of aryl methyl sites for hydroxylation is 1. The number of ether oxygens (including phenoxy) is 2. The molecule has 4 heteroatoms. The van der Waals surface area contributed by atoms with Crippen LogP contribution in [0.5, 0.6) is 11.5 Å². The summed E-state index contributed by atoms with van der Waals surface area (Å²) in [5, 5.41) is 2.85. The summed E-state index contributed by atoms with van der Waals surface area (Å²) in [4.78, 5) is 12.2. The Morgan fingerprint density at radius 3 is 2.43 bits per heavy atom. The van der Waals surface area contributed by atoms with Gasteiger partial charge in [0.05, 0.1) is 7.11 Å². The molecule has 0 bridgehead atoms. The standard InChI is InChI=1S/C24H23NO3/c1-18-11-14-21(15-12-18)25-23(26)16-13-20-9-6-10-22(27-2)24(20)28-17-19-7-4-3-5-8-19/h3-16H,17H2,1-2H3,(H,25,26)/b16-13+. The third kappa shape index (κ3) is 5.24. The zero-order chi connectivity index (χ0) is 19.8. The lowest BCUT2D eigenvalue weighted by Crippen LogP contribution is -2.07. The van der Waals surface area contributed by atoms with Gasteiger partial charge in [-0.1, -0.05) is 60.2 Å². The number of anilines is 1. The van der Waals surface area contributed by atoms with Crippen LogP contribution in [0.15, 0.2) is 78.9 Å². The van der Waals surface area contributed by atoms with Crippen LogP contribution in [-0.4, -0.2) is 13.0 Å². The average molecular weight is 373 g/mol. The van der Waals surface area contributed by atoms with E-state index in [1.165, 1.54) is 6.08 Å². The topological polar surface area (TPSA) is 47.6 Å². The Bertz CT molecular complexity index is 947. The summed E-state index contributed by atoms with van der Waals surface area (Å²) >= 11 is 0. The van der Waals surface area contributed by atoms with E-state index < -0.39 is 0 Å². The van der Waals surface area contributed by atoms with Gasteiger partial charge in [0, 0.05) is 17.3 Å². The zero-order valence-electron chi connectivity index (χ0n) is 16.0. The molecule has 0 heterocycles. The maximum absolute atomic E-state index is 12.2. The third-order valence-electron chi connectivity index (χ3n) is 4.19. The molecule has 0 spiro atoms. The second-order valence-corrected chi connectivity index (χ2v) is 6.34. The predicted octanol–water partition coefficient (Wildman–Crippen LogP) is 5.23. The number of methoxy groups -OCH3 is 1. The molecule has 4 nitrogen and oxygen atoms in total. The van der Waals surface area contributed by atoms with E-state index in [2.05, 4.69) is 5.32 Å². The van der Waals surface area contributed by atoms with Crippen molar-refractivity contribution in [2.24, 2.45) is 0 Å². The molecule has 142 valence electrons. The van der Waals surface area contributed by atoms with E-state index in [0.717, 1.165) is 22.4 Å². The fourth-order valence-corrected chi connectivity index (χ4v) is 2.70. The van der Waals surface area contributed by atoms with Crippen LogP contribution in [0, 0.1) is 6.92 Å². The van der Waals surface area contributed by atoms with E-state index in [-0.39, 0.29) is 5.91 Å². The van der Waals surface area contributed by atoms with Gasteiger partial charge in [0.25, 0.3) is 0 Å². The minimum Gasteiger partial charge on any atom is -0.493 e. The quantitative estimate of drug-likeness (QED) is 0.577. The molecule has 0 aliphatic heterocycles. The van der Waals surface area contributed by atoms with Crippen LogP contribution in [0.1, 0.15) is 16.7 Å². The first-order chi connectivity index (χ1) is 13.7. The van der Waals surface area contributed by atoms with Gasteiger partial charge in [0.1, 0.15) is 6.61 Å². The number of benzene rings is 3. The SMILES string of the molecule is COc1cccc(/C=C/C(=O)Nc2ccc(C)cc2)c1OCc1ccccc1. The van der Waals surface area contributed by atoms with E-state index in [9.17, 15) is 4.79 Å². The van der Waals surface area contributed by atoms with Crippen molar-refractivity contribution in [1.29, 1.82) is 0 Å². The minimum atomic E-state index is -0.208. The number of carbonyl (C=O) groups is 1. The highest BCUT2D eigenvalue weighted by molar-refractivity contribution is 6.02. The molecule has 0 aliphatic rings. The van der Waals surface area contributed by atoms with Crippen LogP contribution in [0.4, 0.5) is 5.69 Å². The Morgan fingerprint density at radius 2 is 1.71 bits per heavy atom. The van der Waals surface area contributed by atoms with Crippen LogP contribution in [0.3, 0.4) is 0 Å². The smallest absolute Gasteiger partial charge is 0.248 e. The van der Waals surface area contributed by atoms with Crippen LogP contribution >= 0.6 is 0 Å². The molecule has 1 N–H and O–H groups in total. The predicted molar refractivity (Wildman–Crippen MR) is 113 cm³/mol. The molecule has 0 saturated heterocycles. The van der Waals surface area contributed by atoms with E-state index in [4.69, 9.17) is 9.47 Å². The molecule has 0 unspecified atom stereocenters. The molecule has 0 radical (unpaired) electrons. The average Bonchev–Trinajstić information content (AvgIpc) is 2.73. The molecule has 0 aromatic heterocycles. The number of para-hydroxylation sites is 1. The first kappa shape index (κ1) is 19.2. The number of rotatable bonds is 7. The Hall–Kier alpha value is -3.53. The lowest BCUT2D eigenvalue weighted by atomic mass is 10.1. The Labute approximate surface area is 165 Å². The molecule has 28 heavy (non-hydrogen) atoms. The molecule has 3 rings (SSSR count). The zero-order valence-corrected chi connectivity index (χ0v) is 16.0. The van der Waals surface area contributed by atoms with Gasteiger partial charge in [-0.3, -0.25) is 4.79 Å². The van der Waals surface area contributed by atoms with Crippen molar-refractivity contribution >= 4 is 17.7 Å². The largest absolute Gasteiger partial charge is 0.493 e. The second kappa shape index (κ2) is 9.42. The van der Waals surface area contributed by atoms with Gasteiger partial charge in [-0.15, -0.1) is 0 Å². The van der Waals surface area contributed by atoms with E-state index >= 15 is 0 Å². The van der Waals surface area contributed by atoms with Crippen molar-refractivity contribution in [2.75, 3.05) is 12.4 Å². The molecule has 3 aromatic rings. The van der Waals surface area contributed by atoms with Crippen molar-refractivity contribution in [3.05, 3.63) is 95.6 Å². The van der Waals surface area contributed by atoms with Crippen molar-refractivity contribution in [1.82, 2.24) is 0 Å². The van der Waals surface area contributed by atoms with Crippen molar-refractivity contribution in [2.45, 2.75) is 13.5 Å². The molecule has 0 aliphatic carbocycles. The van der Waals surface area contributed by atoms with Crippen molar-refractivity contribution < 1.29 is 14.3 Å². The minimum absolute atomic E-state index is 0.208. The van der Waals surface area contributed by atoms with E-state index in [1.54, 1.807) is 13.2 Å². The van der Waals surface area contributed by atoms with Crippen LogP contribution in [-0.2, 0) is 11.4 Å². The van der Waals surface area contributed by atoms with Crippen molar-refractivity contribution in [3.8, 4) is 11.5 Å².